The van der Waals surface area contributed by atoms with Crippen LogP contribution in [0.2, 0.25) is 0 Å². The minimum Gasteiger partial charge on any atom is -0.492 e. The van der Waals surface area contributed by atoms with Crippen LogP contribution in [-0.2, 0) is 22.4 Å². The Kier molecular flexibility index (Phi) is 5.84. The van der Waals surface area contributed by atoms with Gasteiger partial charge in [-0.05, 0) is 43.2 Å². The number of aryl methyl sites for hydroxylation is 2. The average molecular weight is 404 g/mol. The quantitative estimate of drug-likeness (QED) is 0.425. The summed E-state index contributed by atoms with van der Waals surface area (Å²) in [5.41, 5.74) is 3.87. The van der Waals surface area contributed by atoms with Gasteiger partial charge in [-0.1, -0.05) is 24.3 Å². The van der Waals surface area contributed by atoms with Crippen molar-refractivity contribution in [2.45, 2.75) is 26.2 Å². The van der Waals surface area contributed by atoms with Crippen molar-refractivity contribution in [3.05, 3.63) is 71.7 Å². The van der Waals surface area contributed by atoms with Crippen LogP contribution in [0.1, 0.15) is 23.4 Å². The number of nitrogens with one attached hydrogen (secondary N) is 1. The lowest BCUT2D eigenvalue weighted by molar-refractivity contribution is -0.140. The van der Waals surface area contributed by atoms with E-state index in [1.807, 2.05) is 61.7 Å². The molecule has 0 fully saturated rings. The number of benzene rings is 2. The number of methoxy groups -OCH3 is 1. The fourth-order valence-electron chi connectivity index (χ4n) is 3.50. The molecule has 30 heavy (non-hydrogen) atoms. The lowest BCUT2D eigenvalue weighted by atomic mass is 10.1. The SMILES string of the molecule is COC(=O)CCc1c[nH]c2cccc(OCCc3nc(-c4ccccc4)oc3C)c12. The number of esters is 1. The Morgan fingerprint density at radius 1 is 1.10 bits per heavy atom. The Balaban J connectivity index is 1.46. The van der Waals surface area contributed by atoms with Crippen LogP contribution in [-0.4, -0.2) is 29.7 Å². The molecule has 0 spiro atoms. The van der Waals surface area contributed by atoms with Crippen molar-refractivity contribution in [3.63, 3.8) is 0 Å². The summed E-state index contributed by atoms with van der Waals surface area (Å²) in [5.74, 6) is 1.99. The van der Waals surface area contributed by atoms with Crippen molar-refractivity contribution < 1.29 is 18.7 Å². The topological polar surface area (TPSA) is 77.4 Å². The largest absolute Gasteiger partial charge is 0.492 e. The molecule has 6 nitrogen and oxygen atoms in total. The van der Waals surface area contributed by atoms with Crippen molar-refractivity contribution in [1.82, 2.24) is 9.97 Å². The van der Waals surface area contributed by atoms with Crippen LogP contribution < -0.4 is 4.74 Å². The van der Waals surface area contributed by atoms with Gasteiger partial charge in [-0.2, -0.15) is 0 Å². The van der Waals surface area contributed by atoms with Crippen LogP contribution in [0.3, 0.4) is 0 Å². The molecule has 0 aliphatic rings. The van der Waals surface area contributed by atoms with Gasteiger partial charge in [0, 0.05) is 35.5 Å². The number of aromatic amines is 1. The summed E-state index contributed by atoms with van der Waals surface area (Å²) in [5, 5.41) is 1.00. The number of rotatable bonds is 8. The Morgan fingerprint density at radius 2 is 1.93 bits per heavy atom. The van der Waals surface area contributed by atoms with E-state index in [1.54, 1.807) is 0 Å². The van der Waals surface area contributed by atoms with Gasteiger partial charge in [-0.15, -0.1) is 0 Å². The average Bonchev–Trinajstić information content (AvgIpc) is 3.36. The highest BCUT2D eigenvalue weighted by atomic mass is 16.5. The van der Waals surface area contributed by atoms with Gasteiger partial charge in [0.15, 0.2) is 0 Å². The van der Waals surface area contributed by atoms with E-state index in [4.69, 9.17) is 13.9 Å². The van der Waals surface area contributed by atoms with Crippen molar-refractivity contribution in [2.24, 2.45) is 0 Å². The van der Waals surface area contributed by atoms with Crippen LogP contribution in [0, 0.1) is 6.92 Å². The number of oxazole rings is 1. The number of H-pyrrole nitrogens is 1. The summed E-state index contributed by atoms with van der Waals surface area (Å²) in [4.78, 5) is 19.4. The normalized spacial score (nSPS) is 11.0. The standard InChI is InChI=1S/C24H24N2O4/c1-16-19(26-24(30-16)17-7-4-3-5-8-17)13-14-29-21-10-6-9-20-23(21)18(15-25-20)11-12-22(27)28-2/h3-10,15,25H,11-14H2,1-2H3. The smallest absolute Gasteiger partial charge is 0.305 e. The second kappa shape index (κ2) is 8.86. The van der Waals surface area contributed by atoms with Crippen molar-refractivity contribution in [2.75, 3.05) is 13.7 Å². The minimum atomic E-state index is -0.224. The first-order valence-corrected chi connectivity index (χ1v) is 9.96. The first-order chi connectivity index (χ1) is 14.7. The zero-order valence-corrected chi connectivity index (χ0v) is 17.1. The van der Waals surface area contributed by atoms with Gasteiger partial charge in [-0.3, -0.25) is 4.79 Å². The summed E-state index contributed by atoms with van der Waals surface area (Å²) in [6, 6.07) is 15.8. The molecular formula is C24H24N2O4. The van der Waals surface area contributed by atoms with E-state index in [0.29, 0.717) is 31.8 Å². The van der Waals surface area contributed by atoms with Gasteiger partial charge in [0.05, 0.1) is 19.4 Å². The van der Waals surface area contributed by atoms with E-state index in [-0.39, 0.29) is 5.97 Å². The monoisotopic (exact) mass is 404 g/mol. The molecule has 6 heteroatoms. The first-order valence-electron chi connectivity index (χ1n) is 9.96. The lowest BCUT2D eigenvalue weighted by Crippen LogP contribution is -2.04. The molecule has 4 rings (SSSR count). The van der Waals surface area contributed by atoms with Gasteiger partial charge in [0.25, 0.3) is 0 Å². The summed E-state index contributed by atoms with van der Waals surface area (Å²) >= 11 is 0. The number of aromatic nitrogens is 2. The van der Waals surface area contributed by atoms with E-state index in [9.17, 15) is 4.79 Å². The molecule has 0 saturated carbocycles. The highest BCUT2D eigenvalue weighted by Gasteiger charge is 2.14. The number of carbonyl (C=O) groups excluding carboxylic acids is 1. The molecule has 0 saturated heterocycles. The molecule has 0 amide bonds. The second-order valence-electron chi connectivity index (χ2n) is 7.06. The van der Waals surface area contributed by atoms with Crippen LogP contribution >= 0.6 is 0 Å². The zero-order valence-electron chi connectivity index (χ0n) is 17.1. The summed E-state index contributed by atoms with van der Waals surface area (Å²) in [6.07, 6.45) is 3.49. The third-order valence-corrected chi connectivity index (χ3v) is 5.09. The van der Waals surface area contributed by atoms with E-state index in [0.717, 1.165) is 39.2 Å². The molecule has 0 atom stereocenters. The summed E-state index contributed by atoms with van der Waals surface area (Å²) < 4.78 is 16.7. The van der Waals surface area contributed by atoms with Crippen LogP contribution in [0.4, 0.5) is 0 Å². The van der Waals surface area contributed by atoms with Gasteiger partial charge in [0.1, 0.15) is 11.5 Å². The maximum atomic E-state index is 11.5. The molecule has 2 heterocycles. The van der Waals surface area contributed by atoms with Gasteiger partial charge < -0.3 is 18.9 Å². The van der Waals surface area contributed by atoms with Crippen LogP contribution in [0.5, 0.6) is 5.75 Å². The molecule has 4 aromatic rings. The fraction of sp³-hybridized carbons (Fsp3) is 0.250. The molecule has 1 N–H and O–H groups in total. The highest BCUT2D eigenvalue weighted by Crippen LogP contribution is 2.30. The molecule has 2 aromatic carbocycles. The van der Waals surface area contributed by atoms with E-state index < -0.39 is 0 Å². The molecule has 0 radical (unpaired) electrons. The van der Waals surface area contributed by atoms with Gasteiger partial charge in [0.2, 0.25) is 5.89 Å². The van der Waals surface area contributed by atoms with Crippen molar-refractivity contribution >= 4 is 16.9 Å². The highest BCUT2D eigenvalue weighted by molar-refractivity contribution is 5.89. The zero-order chi connectivity index (χ0) is 20.9. The van der Waals surface area contributed by atoms with Gasteiger partial charge >= 0.3 is 5.97 Å². The Hall–Kier alpha value is -3.54. The number of hydrogen-bond donors (Lipinski definition) is 1. The molecule has 154 valence electrons. The van der Waals surface area contributed by atoms with Crippen molar-refractivity contribution in [1.29, 1.82) is 0 Å². The molecule has 0 aliphatic carbocycles. The van der Waals surface area contributed by atoms with Crippen molar-refractivity contribution in [3.8, 4) is 17.2 Å². The number of nitrogens with zero attached hydrogens (tertiary/aromatic N) is 1. The third kappa shape index (κ3) is 4.22. The predicted octanol–water partition coefficient (Wildman–Crippen LogP) is 4.86. The van der Waals surface area contributed by atoms with Gasteiger partial charge in [-0.25, -0.2) is 4.98 Å². The Bertz CT molecular complexity index is 1140. The van der Waals surface area contributed by atoms with Crippen LogP contribution in [0.25, 0.3) is 22.4 Å². The Labute approximate surface area is 174 Å². The molecule has 0 unspecified atom stereocenters. The maximum absolute atomic E-state index is 11.5. The van der Waals surface area contributed by atoms with E-state index >= 15 is 0 Å². The number of fused-ring (bicyclic) bond motifs is 1. The minimum absolute atomic E-state index is 0.224. The first kappa shape index (κ1) is 19.8. The number of ether oxygens (including phenoxy) is 2. The summed E-state index contributed by atoms with van der Waals surface area (Å²) in [7, 11) is 1.40. The number of carbonyl (C=O) groups is 1. The van der Waals surface area contributed by atoms with E-state index in [2.05, 4.69) is 9.97 Å². The molecule has 0 aliphatic heterocycles. The molecule has 0 bridgehead atoms. The predicted molar refractivity (Wildman–Crippen MR) is 115 cm³/mol. The lowest BCUT2D eigenvalue weighted by Gasteiger charge is -2.08. The second-order valence-corrected chi connectivity index (χ2v) is 7.06. The molecule has 2 aromatic heterocycles. The fourth-order valence-corrected chi connectivity index (χ4v) is 3.50. The third-order valence-electron chi connectivity index (χ3n) is 5.09. The maximum Gasteiger partial charge on any atom is 0.305 e. The summed E-state index contributed by atoms with van der Waals surface area (Å²) in [6.45, 7) is 2.40. The molecular weight excluding hydrogens is 380 g/mol. The van der Waals surface area contributed by atoms with E-state index in [1.165, 1.54) is 7.11 Å². The Morgan fingerprint density at radius 3 is 2.73 bits per heavy atom. The van der Waals surface area contributed by atoms with Crippen LogP contribution in [0.15, 0.2) is 59.1 Å². The number of hydrogen-bond acceptors (Lipinski definition) is 5.